The first-order chi connectivity index (χ1) is 12.5. The summed E-state index contributed by atoms with van der Waals surface area (Å²) < 4.78 is 7.08. The van der Waals surface area contributed by atoms with E-state index in [4.69, 9.17) is 24.2 Å². The average molecular weight is 370 g/mol. The lowest BCUT2D eigenvalue weighted by molar-refractivity contribution is 0.415. The smallest absolute Gasteiger partial charge is 0.294 e. The third-order valence-corrected chi connectivity index (χ3v) is 5.57. The van der Waals surface area contributed by atoms with Crippen molar-refractivity contribution < 1.29 is 4.74 Å². The van der Waals surface area contributed by atoms with Gasteiger partial charge >= 0.3 is 0 Å². The Labute approximate surface area is 159 Å². The molecule has 4 rings (SSSR count). The van der Waals surface area contributed by atoms with E-state index < -0.39 is 0 Å². The van der Waals surface area contributed by atoms with Crippen LogP contribution in [0.5, 0.6) is 5.75 Å². The van der Waals surface area contributed by atoms with Crippen LogP contribution in [0.4, 0.5) is 11.5 Å². The quantitative estimate of drug-likeness (QED) is 0.760. The molecule has 2 aliphatic rings. The van der Waals surface area contributed by atoms with Gasteiger partial charge in [0.15, 0.2) is 0 Å². The van der Waals surface area contributed by atoms with Gasteiger partial charge in [0, 0.05) is 24.5 Å². The Balaban J connectivity index is 1.81. The fraction of sp³-hybridized carbons (Fsp3) is 0.474. The first kappa shape index (κ1) is 17.5. The standard InChI is InChI=1S/C19H21BClN3O2/c1-3-15(11-4-5-11)24-10-16(21)22-18(19(24)25)23-7-6-12-8-13(26-2)9-14(20)17(12)23/h8-11,15H,3-7H2,1-2H3/t15-/m0/s1. The van der Waals surface area contributed by atoms with Gasteiger partial charge in [-0.3, -0.25) is 4.79 Å². The zero-order valence-electron chi connectivity index (χ0n) is 15.0. The molecular weight excluding hydrogens is 348 g/mol. The number of nitrogens with zero attached hydrogens (tertiary/aromatic N) is 3. The zero-order chi connectivity index (χ0) is 18.4. The van der Waals surface area contributed by atoms with Crippen LogP contribution < -0.4 is 20.7 Å². The molecule has 2 aromatic rings. The molecule has 1 aromatic heterocycles. The maximum absolute atomic E-state index is 13.2. The Kier molecular flexibility index (Phi) is 4.47. The molecule has 134 valence electrons. The van der Waals surface area contributed by atoms with Gasteiger partial charge in [-0.1, -0.05) is 24.0 Å². The van der Waals surface area contributed by atoms with Crippen LogP contribution in [0.15, 0.2) is 23.1 Å². The second kappa shape index (κ2) is 6.65. The average Bonchev–Trinajstić information content (AvgIpc) is 3.36. The van der Waals surface area contributed by atoms with E-state index in [1.165, 1.54) is 12.8 Å². The minimum absolute atomic E-state index is 0.101. The molecule has 2 radical (unpaired) electrons. The molecular formula is C19H21BClN3O2. The number of fused-ring (bicyclic) bond motifs is 1. The molecule has 0 saturated heterocycles. The number of anilines is 2. The lowest BCUT2D eigenvalue weighted by Crippen LogP contribution is -2.33. The summed E-state index contributed by atoms with van der Waals surface area (Å²) >= 11 is 6.29. The summed E-state index contributed by atoms with van der Waals surface area (Å²) in [6, 6.07) is 3.92. The van der Waals surface area contributed by atoms with E-state index in [9.17, 15) is 4.79 Å². The highest BCUT2D eigenvalue weighted by Gasteiger charge is 2.34. The molecule has 5 nitrogen and oxygen atoms in total. The number of benzene rings is 1. The number of rotatable bonds is 5. The number of methoxy groups -OCH3 is 1. The normalized spacial score (nSPS) is 17.3. The van der Waals surface area contributed by atoms with Crippen LogP contribution in [0.25, 0.3) is 0 Å². The van der Waals surface area contributed by atoms with E-state index in [2.05, 4.69) is 11.9 Å². The highest BCUT2D eigenvalue weighted by molar-refractivity contribution is 6.36. The second-order valence-electron chi connectivity index (χ2n) is 7.04. The molecule has 1 aliphatic heterocycles. The van der Waals surface area contributed by atoms with Crippen molar-refractivity contribution in [3.63, 3.8) is 0 Å². The van der Waals surface area contributed by atoms with Crippen LogP contribution in [0.2, 0.25) is 5.15 Å². The summed E-state index contributed by atoms with van der Waals surface area (Å²) in [6.07, 6.45) is 5.69. The Hall–Kier alpha value is -1.95. The molecule has 0 bridgehead atoms. The number of halogens is 1. The van der Waals surface area contributed by atoms with Gasteiger partial charge in [0.25, 0.3) is 5.56 Å². The highest BCUT2D eigenvalue weighted by Crippen LogP contribution is 2.41. The van der Waals surface area contributed by atoms with Gasteiger partial charge in [-0.15, -0.1) is 0 Å². The van der Waals surface area contributed by atoms with Crippen molar-refractivity contribution in [3.8, 4) is 5.75 Å². The summed E-state index contributed by atoms with van der Waals surface area (Å²) in [7, 11) is 7.87. The van der Waals surface area contributed by atoms with Crippen LogP contribution in [-0.4, -0.2) is 31.1 Å². The molecule has 2 heterocycles. The molecule has 1 aromatic carbocycles. The van der Waals surface area contributed by atoms with Gasteiger partial charge in [-0.25, -0.2) is 4.98 Å². The van der Waals surface area contributed by atoms with Crippen LogP contribution in [0, 0.1) is 5.92 Å². The van der Waals surface area contributed by atoms with Crippen molar-refractivity contribution in [3.05, 3.63) is 39.4 Å². The third-order valence-electron chi connectivity index (χ3n) is 5.38. The minimum atomic E-state index is -0.101. The first-order valence-corrected chi connectivity index (χ1v) is 9.43. The third kappa shape index (κ3) is 2.90. The van der Waals surface area contributed by atoms with Crippen molar-refractivity contribution in [2.45, 2.75) is 38.6 Å². The monoisotopic (exact) mass is 369 g/mol. The van der Waals surface area contributed by atoms with Gasteiger partial charge in [0.2, 0.25) is 5.82 Å². The van der Waals surface area contributed by atoms with E-state index in [1.54, 1.807) is 23.9 Å². The van der Waals surface area contributed by atoms with Crippen LogP contribution >= 0.6 is 11.6 Å². The fourth-order valence-electron chi connectivity index (χ4n) is 4.01. The van der Waals surface area contributed by atoms with Crippen molar-refractivity contribution in [1.82, 2.24) is 9.55 Å². The summed E-state index contributed by atoms with van der Waals surface area (Å²) in [5, 5.41) is 0.333. The summed E-state index contributed by atoms with van der Waals surface area (Å²) in [5.74, 6) is 1.63. The molecule has 1 fully saturated rings. The van der Waals surface area contributed by atoms with Crippen molar-refractivity contribution in [1.29, 1.82) is 0 Å². The SMILES string of the molecule is [B]c1cc(OC)cc2c1N(c1nc(Cl)cn([C@@H](CC)C3CC3)c1=O)CC2. The van der Waals surface area contributed by atoms with Gasteiger partial charge in [0.1, 0.15) is 18.7 Å². The predicted molar refractivity (Wildman–Crippen MR) is 105 cm³/mol. The molecule has 0 spiro atoms. The Morgan fingerprint density at radius 3 is 2.85 bits per heavy atom. The van der Waals surface area contributed by atoms with Crippen LogP contribution in [0.1, 0.15) is 37.8 Å². The topological polar surface area (TPSA) is 47.4 Å². The van der Waals surface area contributed by atoms with Gasteiger partial charge < -0.3 is 14.2 Å². The van der Waals surface area contributed by atoms with E-state index in [-0.39, 0.29) is 11.6 Å². The lowest BCUT2D eigenvalue weighted by Gasteiger charge is -2.24. The number of hydrogen-bond acceptors (Lipinski definition) is 4. The number of ether oxygens (including phenoxy) is 1. The molecule has 1 saturated carbocycles. The predicted octanol–water partition coefficient (Wildman–Crippen LogP) is 2.75. The molecule has 0 N–H and O–H groups in total. The second-order valence-corrected chi connectivity index (χ2v) is 7.43. The Morgan fingerprint density at radius 1 is 1.42 bits per heavy atom. The largest absolute Gasteiger partial charge is 0.497 e. The summed E-state index contributed by atoms with van der Waals surface area (Å²) in [5.41, 5.74) is 2.38. The van der Waals surface area contributed by atoms with E-state index >= 15 is 0 Å². The molecule has 0 unspecified atom stereocenters. The fourth-order valence-corrected chi connectivity index (χ4v) is 4.19. The Morgan fingerprint density at radius 2 is 2.19 bits per heavy atom. The van der Waals surface area contributed by atoms with Crippen molar-refractivity contribution in [2.24, 2.45) is 5.92 Å². The lowest BCUT2D eigenvalue weighted by atomic mass is 9.91. The Bertz CT molecular complexity index is 910. The maximum Gasteiger partial charge on any atom is 0.294 e. The first-order valence-electron chi connectivity index (χ1n) is 9.06. The van der Waals surface area contributed by atoms with Gasteiger partial charge in [0.05, 0.1) is 7.11 Å². The van der Waals surface area contributed by atoms with Crippen molar-refractivity contribution >= 4 is 36.4 Å². The molecule has 1 aliphatic carbocycles. The van der Waals surface area contributed by atoms with Crippen molar-refractivity contribution in [2.75, 3.05) is 18.6 Å². The van der Waals surface area contributed by atoms with E-state index in [1.807, 2.05) is 11.0 Å². The maximum atomic E-state index is 13.2. The van der Waals surface area contributed by atoms with E-state index in [0.29, 0.717) is 28.9 Å². The van der Waals surface area contributed by atoms with E-state index in [0.717, 1.165) is 29.8 Å². The number of aromatic nitrogens is 2. The number of hydrogen-bond donors (Lipinski definition) is 0. The highest BCUT2D eigenvalue weighted by atomic mass is 35.5. The van der Waals surface area contributed by atoms with Gasteiger partial charge in [-0.05, 0) is 49.3 Å². The van der Waals surface area contributed by atoms with Crippen LogP contribution in [-0.2, 0) is 6.42 Å². The molecule has 7 heteroatoms. The summed E-state index contributed by atoms with van der Waals surface area (Å²) in [4.78, 5) is 19.5. The van der Waals surface area contributed by atoms with Crippen LogP contribution in [0.3, 0.4) is 0 Å². The van der Waals surface area contributed by atoms with Gasteiger partial charge in [-0.2, -0.15) is 0 Å². The molecule has 0 amide bonds. The zero-order valence-corrected chi connectivity index (χ0v) is 15.8. The summed E-state index contributed by atoms with van der Waals surface area (Å²) in [6.45, 7) is 2.76. The minimum Gasteiger partial charge on any atom is -0.497 e. The molecule has 1 atom stereocenters. The molecule has 26 heavy (non-hydrogen) atoms.